The van der Waals surface area contributed by atoms with Crippen molar-refractivity contribution in [2.24, 2.45) is 0 Å². The van der Waals surface area contributed by atoms with Gasteiger partial charge in [-0.2, -0.15) is 0 Å². The highest BCUT2D eigenvalue weighted by Crippen LogP contribution is 2.36. The molecule has 1 atom stereocenters. The molecule has 5 nitrogen and oxygen atoms in total. The summed E-state index contributed by atoms with van der Waals surface area (Å²) in [5.41, 5.74) is 0.843. The highest BCUT2D eigenvalue weighted by atomic mass is 32.2. The predicted molar refractivity (Wildman–Crippen MR) is 83.4 cm³/mol. The molecule has 2 aliphatic heterocycles. The van der Waals surface area contributed by atoms with Gasteiger partial charge < -0.3 is 15.1 Å². The summed E-state index contributed by atoms with van der Waals surface area (Å²) >= 11 is 1.49. The van der Waals surface area contributed by atoms with E-state index in [1.54, 1.807) is 0 Å². The first kappa shape index (κ1) is 14.4. The molecule has 112 valence electrons. The van der Waals surface area contributed by atoms with E-state index < -0.39 is 0 Å². The summed E-state index contributed by atoms with van der Waals surface area (Å²) in [6.07, 6.45) is 0.272. The Bertz CT molecular complexity index is 556. The molecule has 3 rings (SSSR count). The van der Waals surface area contributed by atoms with Gasteiger partial charge in [-0.15, -0.1) is 11.8 Å². The highest BCUT2D eigenvalue weighted by molar-refractivity contribution is 8.01. The zero-order valence-corrected chi connectivity index (χ0v) is 12.9. The van der Waals surface area contributed by atoms with Crippen LogP contribution in [0.15, 0.2) is 29.2 Å². The number of hydrogen-bond donors (Lipinski definition) is 1. The Kier molecular flexibility index (Phi) is 4.17. The number of rotatable bonds is 2. The maximum atomic E-state index is 12.3. The molecule has 0 bridgehead atoms. The smallest absolute Gasteiger partial charge is 0.238 e. The van der Waals surface area contributed by atoms with Crippen LogP contribution in [0.3, 0.4) is 0 Å². The number of anilines is 1. The Balaban J connectivity index is 1.63. The molecule has 2 heterocycles. The van der Waals surface area contributed by atoms with Crippen molar-refractivity contribution in [3.63, 3.8) is 0 Å². The number of amides is 2. The van der Waals surface area contributed by atoms with Gasteiger partial charge in [0.25, 0.3) is 0 Å². The number of carbonyl (C=O) groups is 2. The summed E-state index contributed by atoms with van der Waals surface area (Å²) in [4.78, 5) is 29.6. The molecule has 0 spiro atoms. The van der Waals surface area contributed by atoms with Crippen molar-refractivity contribution in [1.82, 2.24) is 9.80 Å². The van der Waals surface area contributed by atoms with Crippen molar-refractivity contribution in [1.29, 1.82) is 0 Å². The fourth-order valence-electron chi connectivity index (χ4n) is 2.57. The summed E-state index contributed by atoms with van der Waals surface area (Å²) in [5, 5.41) is 2.56. The first-order valence-electron chi connectivity index (χ1n) is 7.16. The minimum atomic E-state index is -0.327. The number of benzene rings is 1. The quantitative estimate of drug-likeness (QED) is 0.894. The SMILES string of the molecule is CN1CCN(C(=O)CC2Sc3ccccc3NC2=O)CC1. The second-order valence-electron chi connectivity index (χ2n) is 5.48. The number of nitrogens with zero attached hydrogens (tertiary/aromatic N) is 2. The number of carbonyl (C=O) groups excluding carboxylic acids is 2. The summed E-state index contributed by atoms with van der Waals surface area (Å²) in [5.74, 6) is 0.0105. The van der Waals surface area contributed by atoms with E-state index in [0.29, 0.717) is 0 Å². The number of para-hydroxylation sites is 1. The first-order valence-corrected chi connectivity index (χ1v) is 8.04. The molecule has 1 aromatic rings. The number of fused-ring (bicyclic) bond motifs is 1. The van der Waals surface area contributed by atoms with Crippen LogP contribution in [0.4, 0.5) is 5.69 Å². The van der Waals surface area contributed by atoms with Crippen LogP contribution in [-0.4, -0.2) is 60.1 Å². The number of thioether (sulfide) groups is 1. The molecule has 1 saturated heterocycles. The summed E-state index contributed by atoms with van der Waals surface area (Å²) in [6, 6.07) is 7.71. The van der Waals surface area contributed by atoms with Gasteiger partial charge in [0.1, 0.15) is 0 Å². The monoisotopic (exact) mass is 305 g/mol. The summed E-state index contributed by atoms with van der Waals surface area (Å²) in [6.45, 7) is 3.31. The molecule has 21 heavy (non-hydrogen) atoms. The average Bonchev–Trinajstić information content (AvgIpc) is 2.48. The zero-order chi connectivity index (χ0) is 14.8. The van der Waals surface area contributed by atoms with E-state index in [9.17, 15) is 9.59 Å². The molecule has 6 heteroatoms. The molecular weight excluding hydrogens is 286 g/mol. The highest BCUT2D eigenvalue weighted by Gasteiger charge is 2.31. The second kappa shape index (κ2) is 6.07. The second-order valence-corrected chi connectivity index (χ2v) is 6.72. The third-order valence-electron chi connectivity index (χ3n) is 3.92. The third-order valence-corrected chi connectivity index (χ3v) is 5.20. The Labute approximate surface area is 128 Å². The first-order chi connectivity index (χ1) is 10.1. The fraction of sp³-hybridized carbons (Fsp3) is 0.467. The van der Waals surface area contributed by atoms with Gasteiger partial charge in [-0.05, 0) is 19.2 Å². The molecule has 1 N–H and O–H groups in total. The van der Waals surface area contributed by atoms with Crippen LogP contribution < -0.4 is 5.32 Å². The Morgan fingerprint density at radius 3 is 2.76 bits per heavy atom. The summed E-state index contributed by atoms with van der Waals surface area (Å²) in [7, 11) is 2.06. The minimum Gasteiger partial charge on any atom is -0.340 e. The van der Waals surface area contributed by atoms with Crippen LogP contribution >= 0.6 is 11.8 Å². The number of hydrogen-bond acceptors (Lipinski definition) is 4. The van der Waals surface area contributed by atoms with Crippen LogP contribution in [0.25, 0.3) is 0 Å². The van der Waals surface area contributed by atoms with Crippen molar-refractivity contribution in [3.05, 3.63) is 24.3 Å². The van der Waals surface area contributed by atoms with Crippen LogP contribution in [0.1, 0.15) is 6.42 Å². The van der Waals surface area contributed by atoms with Gasteiger partial charge >= 0.3 is 0 Å². The lowest BCUT2D eigenvalue weighted by molar-refractivity contribution is -0.134. The molecule has 0 saturated carbocycles. The molecule has 0 aliphatic carbocycles. The predicted octanol–water partition coefficient (Wildman–Crippen LogP) is 1.26. The van der Waals surface area contributed by atoms with E-state index in [1.165, 1.54) is 11.8 Å². The third kappa shape index (κ3) is 3.22. The van der Waals surface area contributed by atoms with E-state index in [1.807, 2.05) is 29.2 Å². The van der Waals surface area contributed by atoms with Crippen LogP contribution in [0.5, 0.6) is 0 Å². The zero-order valence-electron chi connectivity index (χ0n) is 12.0. The van der Waals surface area contributed by atoms with Crippen molar-refractivity contribution in [2.75, 3.05) is 38.5 Å². The lowest BCUT2D eigenvalue weighted by Gasteiger charge is -2.33. The Morgan fingerprint density at radius 1 is 1.29 bits per heavy atom. The number of piperazine rings is 1. The topological polar surface area (TPSA) is 52.6 Å². The van der Waals surface area contributed by atoms with Crippen LogP contribution in [0, 0.1) is 0 Å². The summed E-state index contributed by atoms with van der Waals surface area (Å²) < 4.78 is 0. The van der Waals surface area contributed by atoms with Crippen molar-refractivity contribution < 1.29 is 9.59 Å². The molecule has 2 amide bonds. The molecule has 0 aromatic heterocycles. The number of likely N-dealkylation sites (N-methyl/N-ethyl adjacent to an activating group) is 1. The van der Waals surface area contributed by atoms with E-state index in [-0.39, 0.29) is 23.5 Å². The maximum absolute atomic E-state index is 12.3. The maximum Gasteiger partial charge on any atom is 0.238 e. The van der Waals surface area contributed by atoms with Gasteiger partial charge in [-0.25, -0.2) is 0 Å². The van der Waals surface area contributed by atoms with Gasteiger partial charge in [-0.3, -0.25) is 9.59 Å². The normalized spacial score (nSPS) is 22.6. The van der Waals surface area contributed by atoms with Crippen LogP contribution in [-0.2, 0) is 9.59 Å². The van der Waals surface area contributed by atoms with Gasteiger partial charge in [0.05, 0.1) is 10.9 Å². The van der Waals surface area contributed by atoms with E-state index in [0.717, 1.165) is 36.8 Å². The fourth-order valence-corrected chi connectivity index (χ4v) is 3.67. The van der Waals surface area contributed by atoms with Crippen molar-refractivity contribution in [2.45, 2.75) is 16.6 Å². The molecular formula is C15H19N3O2S. The van der Waals surface area contributed by atoms with Gasteiger partial charge in [0, 0.05) is 37.5 Å². The van der Waals surface area contributed by atoms with Crippen molar-refractivity contribution in [3.8, 4) is 0 Å². The Hall–Kier alpha value is -1.53. The minimum absolute atomic E-state index is 0.0684. The largest absolute Gasteiger partial charge is 0.340 e. The molecule has 1 unspecified atom stereocenters. The molecule has 1 aromatic carbocycles. The number of nitrogens with one attached hydrogen (secondary N) is 1. The van der Waals surface area contributed by atoms with Gasteiger partial charge in [0.15, 0.2) is 0 Å². The van der Waals surface area contributed by atoms with Crippen molar-refractivity contribution >= 4 is 29.3 Å². The van der Waals surface area contributed by atoms with Gasteiger partial charge in [0.2, 0.25) is 11.8 Å². The van der Waals surface area contributed by atoms with E-state index in [2.05, 4.69) is 17.3 Å². The van der Waals surface area contributed by atoms with Crippen LogP contribution in [0.2, 0.25) is 0 Å². The van der Waals surface area contributed by atoms with Gasteiger partial charge in [-0.1, -0.05) is 12.1 Å². The Morgan fingerprint density at radius 2 is 2.00 bits per heavy atom. The standard InChI is InChI=1S/C15H19N3O2S/c1-17-6-8-18(9-7-17)14(19)10-13-15(20)16-11-4-2-3-5-12(11)21-13/h2-5,13H,6-10H2,1H3,(H,16,20). The molecule has 2 aliphatic rings. The lowest BCUT2D eigenvalue weighted by atomic mass is 10.2. The molecule has 1 fully saturated rings. The van der Waals surface area contributed by atoms with E-state index in [4.69, 9.17) is 0 Å². The van der Waals surface area contributed by atoms with E-state index >= 15 is 0 Å². The average molecular weight is 305 g/mol. The lowest BCUT2D eigenvalue weighted by Crippen LogP contribution is -2.48. The molecule has 0 radical (unpaired) electrons.